The van der Waals surface area contributed by atoms with Crippen molar-refractivity contribution in [1.29, 1.82) is 0 Å². The maximum Gasteiger partial charge on any atom is 0.254 e. The van der Waals surface area contributed by atoms with Crippen molar-refractivity contribution >= 4 is 11.8 Å². The lowest BCUT2D eigenvalue weighted by molar-refractivity contribution is -0.138. The summed E-state index contributed by atoms with van der Waals surface area (Å²) in [4.78, 5) is 24.0. The van der Waals surface area contributed by atoms with Gasteiger partial charge in [-0.2, -0.15) is 0 Å². The summed E-state index contributed by atoms with van der Waals surface area (Å²) >= 11 is 0. The number of carbonyl (C=O) groups excluding carboxylic acids is 2. The van der Waals surface area contributed by atoms with Crippen LogP contribution >= 0.6 is 0 Å². The molecule has 0 saturated carbocycles. The van der Waals surface area contributed by atoms with Gasteiger partial charge in [0.05, 0.1) is 6.04 Å². The van der Waals surface area contributed by atoms with Crippen LogP contribution in [-0.4, -0.2) is 35.3 Å². The first-order chi connectivity index (χ1) is 6.61. The molecular formula is C10H12N2O2. The number of nitrogens with zero attached hydrogens (tertiary/aromatic N) is 1. The number of rotatable bonds is 1. The van der Waals surface area contributed by atoms with Gasteiger partial charge in [0.1, 0.15) is 0 Å². The van der Waals surface area contributed by atoms with E-state index in [4.69, 9.17) is 0 Å². The second-order valence-corrected chi connectivity index (χ2v) is 3.60. The standard InChI is InChI=1S/C10H12N2O2/c1-6-7(2)11-5-8(6)12-9(13)3-4-10(12)14/h3-4,7-8,11H,1,5H2,2H3. The van der Waals surface area contributed by atoms with E-state index < -0.39 is 0 Å². The molecule has 2 unspecified atom stereocenters. The zero-order chi connectivity index (χ0) is 10.3. The molecular weight excluding hydrogens is 180 g/mol. The monoisotopic (exact) mass is 192 g/mol. The maximum atomic E-state index is 11.4. The van der Waals surface area contributed by atoms with Crippen LogP contribution in [0.15, 0.2) is 24.3 Å². The summed E-state index contributed by atoms with van der Waals surface area (Å²) in [6.07, 6.45) is 2.61. The minimum absolute atomic E-state index is 0.168. The van der Waals surface area contributed by atoms with Gasteiger partial charge in [0, 0.05) is 24.7 Å². The van der Waals surface area contributed by atoms with Gasteiger partial charge < -0.3 is 5.32 Å². The van der Waals surface area contributed by atoms with E-state index in [9.17, 15) is 9.59 Å². The molecule has 2 aliphatic rings. The van der Waals surface area contributed by atoms with Gasteiger partial charge in [0.2, 0.25) is 0 Å². The van der Waals surface area contributed by atoms with Gasteiger partial charge in [-0.1, -0.05) is 6.58 Å². The molecule has 2 amide bonds. The van der Waals surface area contributed by atoms with E-state index in [0.29, 0.717) is 6.54 Å². The average Bonchev–Trinajstić information content (AvgIpc) is 2.62. The molecule has 0 radical (unpaired) electrons. The Kier molecular flexibility index (Phi) is 2.00. The quantitative estimate of drug-likeness (QED) is 0.463. The van der Waals surface area contributed by atoms with Crippen LogP contribution in [0.2, 0.25) is 0 Å². The van der Waals surface area contributed by atoms with E-state index in [1.54, 1.807) is 0 Å². The van der Waals surface area contributed by atoms with Gasteiger partial charge in [0.25, 0.3) is 11.8 Å². The van der Waals surface area contributed by atoms with Crippen LogP contribution in [0.3, 0.4) is 0 Å². The molecule has 2 heterocycles. The lowest BCUT2D eigenvalue weighted by atomic mass is 10.1. The zero-order valence-electron chi connectivity index (χ0n) is 7.99. The third-order valence-corrected chi connectivity index (χ3v) is 2.76. The van der Waals surface area contributed by atoms with Crippen molar-refractivity contribution in [2.24, 2.45) is 0 Å². The zero-order valence-corrected chi connectivity index (χ0v) is 7.99. The minimum Gasteiger partial charge on any atom is -0.308 e. The van der Waals surface area contributed by atoms with E-state index in [1.807, 2.05) is 6.92 Å². The fourth-order valence-corrected chi connectivity index (χ4v) is 1.82. The van der Waals surface area contributed by atoms with Crippen LogP contribution in [0.1, 0.15) is 6.92 Å². The van der Waals surface area contributed by atoms with Gasteiger partial charge in [-0.15, -0.1) is 0 Å². The van der Waals surface area contributed by atoms with Gasteiger partial charge in [-0.25, -0.2) is 0 Å². The molecule has 0 aliphatic carbocycles. The molecule has 4 heteroatoms. The molecule has 2 rings (SSSR count). The normalized spacial score (nSPS) is 32.1. The molecule has 0 aromatic heterocycles. The Bertz CT molecular complexity index is 328. The minimum atomic E-state index is -0.239. The number of imide groups is 1. The predicted molar refractivity (Wildman–Crippen MR) is 51.4 cm³/mol. The Balaban J connectivity index is 2.21. The molecule has 0 aromatic rings. The lowest BCUT2D eigenvalue weighted by Crippen LogP contribution is -2.41. The summed E-state index contributed by atoms with van der Waals surface area (Å²) in [6, 6.07) is -0.0128. The SMILES string of the molecule is C=C1C(C)NCC1N1C(=O)C=CC1=O. The topological polar surface area (TPSA) is 49.4 Å². The van der Waals surface area contributed by atoms with Gasteiger partial charge in [0.15, 0.2) is 0 Å². The first-order valence-electron chi connectivity index (χ1n) is 4.58. The molecule has 2 aliphatic heterocycles. The third-order valence-electron chi connectivity index (χ3n) is 2.76. The predicted octanol–water partition coefficient (Wildman–Crippen LogP) is -0.172. The van der Waals surface area contributed by atoms with Crippen LogP contribution in [0.5, 0.6) is 0 Å². The second kappa shape index (κ2) is 3.06. The molecule has 1 fully saturated rings. The lowest BCUT2D eigenvalue weighted by Gasteiger charge is -2.22. The Morgan fingerprint density at radius 3 is 2.43 bits per heavy atom. The molecule has 0 aromatic carbocycles. The maximum absolute atomic E-state index is 11.4. The fourth-order valence-electron chi connectivity index (χ4n) is 1.82. The highest BCUT2D eigenvalue weighted by Gasteiger charge is 2.37. The van der Waals surface area contributed by atoms with E-state index in [-0.39, 0.29) is 23.9 Å². The summed E-state index contributed by atoms with van der Waals surface area (Å²) in [5, 5.41) is 3.16. The number of nitrogens with one attached hydrogen (secondary N) is 1. The van der Waals surface area contributed by atoms with E-state index in [1.165, 1.54) is 17.1 Å². The van der Waals surface area contributed by atoms with Crippen molar-refractivity contribution < 1.29 is 9.59 Å². The van der Waals surface area contributed by atoms with Crippen molar-refractivity contribution in [2.45, 2.75) is 19.0 Å². The highest BCUT2D eigenvalue weighted by molar-refractivity contribution is 6.13. The van der Waals surface area contributed by atoms with E-state index in [0.717, 1.165) is 5.57 Å². The highest BCUT2D eigenvalue weighted by Crippen LogP contribution is 2.21. The first-order valence-corrected chi connectivity index (χ1v) is 4.58. The fraction of sp³-hybridized carbons (Fsp3) is 0.400. The molecule has 0 spiro atoms. The summed E-state index contributed by atoms with van der Waals surface area (Å²) in [5.74, 6) is -0.478. The van der Waals surface area contributed by atoms with Crippen LogP contribution in [-0.2, 0) is 9.59 Å². The Hall–Kier alpha value is -1.42. The van der Waals surface area contributed by atoms with Crippen molar-refractivity contribution in [1.82, 2.24) is 10.2 Å². The van der Waals surface area contributed by atoms with Gasteiger partial charge >= 0.3 is 0 Å². The molecule has 1 N–H and O–H groups in total. The van der Waals surface area contributed by atoms with Crippen molar-refractivity contribution in [2.75, 3.05) is 6.54 Å². The molecule has 14 heavy (non-hydrogen) atoms. The first kappa shape index (κ1) is 9.15. The smallest absolute Gasteiger partial charge is 0.254 e. The molecule has 0 bridgehead atoms. The summed E-state index contributed by atoms with van der Waals surface area (Å²) in [5.41, 5.74) is 0.899. The molecule has 74 valence electrons. The molecule has 4 nitrogen and oxygen atoms in total. The summed E-state index contributed by atoms with van der Waals surface area (Å²) < 4.78 is 0. The Morgan fingerprint density at radius 1 is 1.43 bits per heavy atom. The number of carbonyl (C=O) groups is 2. The summed E-state index contributed by atoms with van der Waals surface area (Å²) in [7, 11) is 0. The van der Waals surface area contributed by atoms with Crippen LogP contribution in [0.25, 0.3) is 0 Å². The van der Waals surface area contributed by atoms with Crippen molar-refractivity contribution in [3.05, 3.63) is 24.3 Å². The Morgan fingerprint density at radius 2 is 2.00 bits per heavy atom. The van der Waals surface area contributed by atoms with Crippen LogP contribution in [0.4, 0.5) is 0 Å². The van der Waals surface area contributed by atoms with Gasteiger partial charge in [-0.05, 0) is 12.5 Å². The van der Waals surface area contributed by atoms with Crippen LogP contribution < -0.4 is 5.32 Å². The summed E-state index contributed by atoms with van der Waals surface area (Å²) in [6.45, 7) is 6.48. The Labute approximate surface area is 82.3 Å². The largest absolute Gasteiger partial charge is 0.308 e. The third kappa shape index (κ3) is 1.19. The highest BCUT2D eigenvalue weighted by atomic mass is 16.2. The van der Waals surface area contributed by atoms with E-state index >= 15 is 0 Å². The second-order valence-electron chi connectivity index (χ2n) is 3.60. The molecule has 1 saturated heterocycles. The van der Waals surface area contributed by atoms with E-state index in [2.05, 4.69) is 11.9 Å². The molecule has 2 atom stereocenters. The number of amides is 2. The average molecular weight is 192 g/mol. The number of hydrogen-bond acceptors (Lipinski definition) is 3. The van der Waals surface area contributed by atoms with Crippen molar-refractivity contribution in [3.63, 3.8) is 0 Å². The van der Waals surface area contributed by atoms with Crippen molar-refractivity contribution in [3.8, 4) is 0 Å². The van der Waals surface area contributed by atoms with Gasteiger partial charge in [-0.3, -0.25) is 14.5 Å². The van der Waals surface area contributed by atoms with Crippen LogP contribution in [0, 0.1) is 0 Å². The number of hydrogen-bond donors (Lipinski definition) is 1.